The van der Waals surface area contributed by atoms with Crippen molar-refractivity contribution in [2.24, 2.45) is 0 Å². The van der Waals surface area contributed by atoms with E-state index in [1.807, 2.05) is 18.2 Å². The van der Waals surface area contributed by atoms with Gasteiger partial charge in [-0.25, -0.2) is 0 Å². The van der Waals surface area contributed by atoms with E-state index < -0.39 is 0 Å². The Bertz CT molecular complexity index is 263. The van der Waals surface area contributed by atoms with E-state index in [2.05, 4.69) is 19.1 Å². The lowest BCUT2D eigenvalue weighted by Crippen LogP contribution is -1.80. The second-order valence-corrected chi connectivity index (χ2v) is 2.68. The largest absolute Gasteiger partial charge is 0.392 e. The topological polar surface area (TPSA) is 20.2 Å². The van der Waals surface area contributed by atoms with E-state index >= 15 is 0 Å². The molecule has 0 aliphatic rings. The van der Waals surface area contributed by atoms with Gasteiger partial charge in [0.15, 0.2) is 0 Å². The smallest absolute Gasteiger partial charge is 0.0615 e. The molecule has 1 heteroatoms. The summed E-state index contributed by atoms with van der Waals surface area (Å²) in [6.07, 6.45) is 4.73. The molecule has 0 amide bonds. The number of hydrogen-bond donors (Lipinski definition) is 1. The molecule has 0 saturated carbocycles. The zero-order valence-corrected chi connectivity index (χ0v) is 7.33. The molecule has 0 aliphatic heterocycles. The Morgan fingerprint density at radius 2 is 2.25 bits per heavy atom. The lowest BCUT2D eigenvalue weighted by Gasteiger charge is -1.97. The van der Waals surface area contributed by atoms with Crippen molar-refractivity contribution >= 4 is 6.08 Å². The Balaban J connectivity index is 2.79. The minimum atomic E-state index is 0.107. The number of benzene rings is 1. The predicted molar refractivity (Wildman–Crippen MR) is 51.9 cm³/mol. The van der Waals surface area contributed by atoms with Crippen LogP contribution in [0, 0.1) is 0 Å². The van der Waals surface area contributed by atoms with Gasteiger partial charge in [-0.15, -0.1) is 0 Å². The van der Waals surface area contributed by atoms with E-state index in [1.54, 1.807) is 6.08 Å². The zero-order chi connectivity index (χ0) is 8.81. The number of aryl methyl sites for hydroxylation is 1. The van der Waals surface area contributed by atoms with Crippen molar-refractivity contribution in [1.82, 2.24) is 0 Å². The SMILES string of the molecule is CCc1cccc(C=CCO)c1. The van der Waals surface area contributed by atoms with Crippen molar-refractivity contribution in [3.05, 3.63) is 41.5 Å². The predicted octanol–water partition coefficient (Wildman–Crippen LogP) is 2.25. The third-order valence-corrected chi connectivity index (χ3v) is 1.77. The Morgan fingerprint density at radius 3 is 2.92 bits per heavy atom. The highest BCUT2D eigenvalue weighted by Crippen LogP contribution is 2.07. The summed E-state index contributed by atoms with van der Waals surface area (Å²) in [4.78, 5) is 0. The summed E-state index contributed by atoms with van der Waals surface area (Å²) in [6.45, 7) is 2.24. The van der Waals surface area contributed by atoms with Crippen LogP contribution in [0.4, 0.5) is 0 Å². The van der Waals surface area contributed by atoms with Gasteiger partial charge >= 0.3 is 0 Å². The Hall–Kier alpha value is -1.08. The van der Waals surface area contributed by atoms with Crippen LogP contribution in [-0.2, 0) is 6.42 Å². The van der Waals surface area contributed by atoms with E-state index in [1.165, 1.54) is 5.56 Å². The lowest BCUT2D eigenvalue weighted by atomic mass is 10.1. The molecule has 0 aliphatic carbocycles. The first-order chi connectivity index (χ1) is 5.86. The van der Waals surface area contributed by atoms with Gasteiger partial charge in [0, 0.05) is 0 Å². The van der Waals surface area contributed by atoms with Crippen molar-refractivity contribution in [3.63, 3.8) is 0 Å². The highest BCUT2D eigenvalue weighted by Gasteiger charge is 1.88. The van der Waals surface area contributed by atoms with Gasteiger partial charge in [0.2, 0.25) is 0 Å². The quantitative estimate of drug-likeness (QED) is 0.722. The van der Waals surface area contributed by atoms with Crippen LogP contribution in [0.5, 0.6) is 0 Å². The molecule has 64 valence electrons. The van der Waals surface area contributed by atoms with Crippen LogP contribution in [0.15, 0.2) is 30.3 Å². The number of hydrogen-bond acceptors (Lipinski definition) is 1. The molecular weight excluding hydrogens is 148 g/mol. The summed E-state index contributed by atoms with van der Waals surface area (Å²) in [5, 5.41) is 8.57. The highest BCUT2D eigenvalue weighted by molar-refractivity contribution is 5.50. The number of aliphatic hydroxyl groups excluding tert-OH is 1. The van der Waals surface area contributed by atoms with Crippen LogP contribution < -0.4 is 0 Å². The van der Waals surface area contributed by atoms with E-state index in [9.17, 15) is 0 Å². The average Bonchev–Trinajstić information content (AvgIpc) is 2.15. The summed E-state index contributed by atoms with van der Waals surface area (Å²) < 4.78 is 0. The molecular formula is C11H14O. The zero-order valence-electron chi connectivity index (χ0n) is 7.33. The van der Waals surface area contributed by atoms with Crippen LogP contribution in [0.3, 0.4) is 0 Å². The van der Waals surface area contributed by atoms with Crippen molar-refractivity contribution in [1.29, 1.82) is 0 Å². The minimum Gasteiger partial charge on any atom is -0.392 e. The number of rotatable bonds is 3. The lowest BCUT2D eigenvalue weighted by molar-refractivity contribution is 0.343. The second-order valence-electron chi connectivity index (χ2n) is 2.68. The third-order valence-electron chi connectivity index (χ3n) is 1.77. The molecule has 0 atom stereocenters. The van der Waals surface area contributed by atoms with Gasteiger partial charge < -0.3 is 5.11 Å². The maximum absolute atomic E-state index is 8.57. The fraction of sp³-hybridized carbons (Fsp3) is 0.273. The van der Waals surface area contributed by atoms with Gasteiger partial charge in [-0.1, -0.05) is 43.3 Å². The van der Waals surface area contributed by atoms with E-state index in [4.69, 9.17) is 5.11 Å². The monoisotopic (exact) mass is 162 g/mol. The van der Waals surface area contributed by atoms with Crippen LogP contribution >= 0.6 is 0 Å². The van der Waals surface area contributed by atoms with E-state index in [-0.39, 0.29) is 6.61 Å². The summed E-state index contributed by atoms with van der Waals surface area (Å²) in [5.74, 6) is 0. The highest BCUT2D eigenvalue weighted by atomic mass is 16.2. The summed E-state index contributed by atoms with van der Waals surface area (Å²) in [7, 11) is 0. The minimum absolute atomic E-state index is 0.107. The average molecular weight is 162 g/mol. The standard InChI is InChI=1S/C11H14O/c1-2-10-5-3-6-11(9-10)7-4-8-12/h3-7,9,12H,2,8H2,1H3. The van der Waals surface area contributed by atoms with Gasteiger partial charge in [-0.2, -0.15) is 0 Å². The number of aliphatic hydroxyl groups is 1. The van der Waals surface area contributed by atoms with Gasteiger partial charge in [0.05, 0.1) is 6.61 Å². The maximum atomic E-state index is 8.57. The van der Waals surface area contributed by atoms with Crippen LogP contribution in [0.25, 0.3) is 6.08 Å². The molecule has 12 heavy (non-hydrogen) atoms. The van der Waals surface area contributed by atoms with Gasteiger partial charge in [0.25, 0.3) is 0 Å². The Kier molecular flexibility index (Phi) is 3.55. The fourth-order valence-electron chi connectivity index (χ4n) is 1.11. The first-order valence-corrected chi connectivity index (χ1v) is 4.23. The molecule has 0 aromatic heterocycles. The summed E-state index contributed by atoms with van der Waals surface area (Å²) in [6, 6.07) is 8.31. The molecule has 0 spiro atoms. The van der Waals surface area contributed by atoms with Gasteiger partial charge in [-0.3, -0.25) is 0 Å². The van der Waals surface area contributed by atoms with Crippen molar-refractivity contribution in [3.8, 4) is 0 Å². The molecule has 0 bridgehead atoms. The molecule has 1 N–H and O–H groups in total. The molecule has 0 saturated heterocycles. The first-order valence-electron chi connectivity index (χ1n) is 4.23. The fourth-order valence-corrected chi connectivity index (χ4v) is 1.11. The molecule has 1 aromatic rings. The van der Waals surface area contributed by atoms with Crippen molar-refractivity contribution in [2.75, 3.05) is 6.61 Å². The molecule has 0 unspecified atom stereocenters. The van der Waals surface area contributed by atoms with Crippen LogP contribution in [0.2, 0.25) is 0 Å². The van der Waals surface area contributed by atoms with Crippen LogP contribution in [-0.4, -0.2) is 11.7 Å². The van der Waals surface area contributed by atoms with Crippen molar-refractivity contribution < 1.29 is 5.11 Å². The maximum Gasteiger partial charge on any atom is 0.0615 e. The van der Waals surface area contributed by atoms with Crippen LogP contribution in [0.1, 0.15) is 18.1 Å². The second kappa shape index (κ2) is 4.73. The molecule has 0 radical (unpaired) electrons. The normalized spacial score (nSPS) is 10.8. The third kappa shape index (κ3) is 2.51. The Morgan fingerprint density at radius 1 is 1.42 bits per heavy atom. The first kappa shape index (κ1) is 9.01. The molecule has 1 rings (SSSR count). The molecule has 0 fully saturated rings. The summed E-state index contributed by atoms with van der Waals surface area (Å²) >= 11 is 0. The Labute approximate surface area is 73.4 Å². The molecule has 0 heterocycles. The van der Waals surface area contributed by atoms with E-state index in [0.29, 0.717) is 0 Å². The van der Waals surface area contributed by atoms with Gasteiger partial charge in [-0.05, 0) is 17.5 Å². The van der Waals surface area contributed by atoms with Gasteiger partial charge in [0.1, 0.15) is 0 Å². The summed E-state index contributed by atoms with van der Waals surface area (Å²) in [5.41, 5.74) is 2.48. The van der Waals surface area contributed by atoms with E-state index in [0.717, 1.165) is 12.0 Å². The molecule has 1 aromatic carbocycles. The molecule has 1 nitrogen and oxygen atoms in total. The van der Waals surface area contributed by atoms with Crippen molar-refractivity contribution in [2.45, 2.75) is 13.3 Å².